The zero-order valence-electron chi connectivity index (χ0n) is 6.17. The Bertz CT molecular complexity index is 199. The minimum absolute atomic E-state index is 0.0810. The van der Waals surface area contributed by atoms with Crippen LogP contribution in [0.1, 0.15) is 26.7 Å². The van der Waals surface area contributed by atoms with E-state index in [-0.39, 0.29) is 12.8 Å². The third-order valence-electron chi connectivity index (χ3n) is 3.03. The maximum Gasteiger partial charge on any atom is 0.138 e. The fourth-order valence-electron chi connectivity index (χ4n) is 2.04. The summed E-state index contributed by atoms with van der Waals surface area (Å²) in [6, 6.07) is 0. The highest BCUT2D eigenvalue weighted by atomic mass is 19.2. The van der Waals surface area contributed by atoms with Crippen LogP contribution in [0.5, 0.6) is 0 Å². The molecule has 56 valence electrons. The van der Waals surface area contributed by atoms with Crippen molar-refractivity contribution in [3.05, 3.63) is 11.1 Å². The maximum atomic E-state index is 13.3. The third-order valence-corrected chi connectivity index (χ3v) is 3.03. The van der Waals surface area contributed by atoms with Crippen LogP contribution in [0.15, 0.2) is 11.1 Å². The summed E-state index contributed by atoms with van der Waals surface area (Å²) in [5.41, 5.74) is -1.26. The molecule has 2 heteroatoms. The SMILES string of the molecule is CC1=C(C)C2(F)CC1(F)C2. The van der Waals surface area contributed by atoms with Crippen LogP contribution in [0.3, 0.4) is 0 Å². The summed E-state index contributed by atoms with van der Waals surface area (Å²) in [5.74, 6) is 0. The van der Waals surface area contributed by atoms with Crippen LogP contribution in [0.2, 0.25) is 0 Å². The van der Waals surface area contributed by atoms with Crippen LogP contribution < -0.4 is 0 Å². The predicted molar refractivity (Wildman–Crippen MR) is 35.3 cm³/mol. The van der Waals surface area contributed by atoms with E-state index in [0.717, 1.165) is 0 Å². The molecule has 3 rings (SSSR count). The highest BCUT2D eigenvalue weighted by molar-refractivity contribution is 5.45. The number of alkyl halides is 2. The van der Waals surface area contributed by atoms with Crippen molar-refractivity contribution in [3.63, 3.8) is 0 Å². The number of hydrogen-bond acceptors (Lipinski definition) is 0. The van der Waals surface area contributed by atoms with Crippen molar-refractivity contribution in [1.82, 2.24) is 0 Å². The number of hydrogen-bond donors (Lipinski definition) is 0. The van der Waals surface area contributed by atoms with Crippen LogP contribution in [0, 0.1) is 0 Å². The van der Waals surface area contributed by atoms with Crippen molar-refractivity contribution in [2.24, 2.45) is 0 Å². The van der Waals surface area contributed by atoms with Gasteiger partial charge in [-0.3, -0.25) is 0 Å². The number of rotatable bonds is 0. The van der Waals surface area contributed by atoms with Gasteiger partial charge < -0.3 is 0 Å². The Labute approximate surface area is 58.9 Å². The molecule has 1 saturated carbocycles. The number of allylic oxidation sites excluding steroid dienone is 2. The summed E-state index contributed by atoms with van der Waals surface area (Å²) < 4.78 is 26.5. The van der Waals surface area contributed by atoms with Crippen LogP contribution >= 0.6 is 0 Å². The Balaban J connectivity index is 2.47. The van der Waals surface area contributed by atoms with Gasteiger partial charge in [-0.15, -0.1) is 0 Å². The minimum Gasteiger partial charge on any atom is -0.239 e. The van der Waals surface area contributed by atoms with E-state index in [9.17, 15) is 8.78 Å². The smallest absolute Gasteiger partial charge is 0.138 e. The van der Waals surface area contributed by atoms with Crippen molar-refractivity contribution in [1.29, 1.82) is 0 Å². The molecule has 2 bridgehead atoms. The van der Waals surface area contributed by atoms with E-state index in [4.69, 9.17) is 0 Å². The van der Waals surface area contributed by atoms with E-state index in [0.29, 0.717) is 11.1 Å². The molecule has 0 radical (unpaired) electrons. The lowest BCUT2D eigenvalue weighted by Gasteiger charge is -2.38. The maximum absolute atomic E-state index is 13.3. The van der Waals surface area contributed by atoms with Gasteiger partial charge in [0, 0.05) is 12.8 Å². The fourth-order valence-corrected chi connectivity index (χ4v) is 2.04. The molecule has 0 nitrogen and oxygen atoms in total. The van der Waals surface area contributed by atoms with Gasteiger partial charge in [0.05, 0.1) is 0 Å². The average molecular weight is 144 g/mol. The largest absolute Gasteiger partial charge is 0.239 e. The van der Waals surface area contributed by atoms with Gasteiger partial charge >= 0.3 is 0 Å². The summed E-state index contributed by atoms with van der Waals surface area (Å²) >= 11 is 0. The molecule has 0 N–H and O–H groups in total. The van der Waals surface area contributed by atoms with E-state index in [1.165, 1.54) is 0 Å². The summed E-state index contributed by atoms with van der Waals surface area (Å²) in [6.07, 6.45) is 0.162. The second-order valence-corrected chi connectivity index (χ2v) is 3.53. The molecule has 0 aromatic rings. The Kier molecular flexibility index (Phi) is 0.817. The van der Waals surface area contributed by atoms with E-state index < -0.39 is 11.3 Å². The van der Waals surface area contributed by atoms with Crippen molar-refractivity contribution >= 4 is 0 Å². The lowest BCUT2D eigenvalue weighted by Crippen LogP contribution is -2.44. The molecule has 3 aliphatic rings. The lowest BCUT2D eigenvalue weighted by molar-refractivity contribution is -0.0107. The zero-order valence-corrected chi connectivity index (χ0v) is 6.17. The summed E-state index contributed by atoms with van der Waals surface area (Å²) in [7, 11) is 0. The van der Waals surface area contributed by atoms with E-state index >= 15 is 0 Å². The second kappa shape index (κ2) is 1.29. The van der Waals surface area contributed by atoms with Gasteiger partial charge in [0.25, 0.3) is 0 Å². The minimum atomic E-state index is -1.27. The Morgan fingerprint density at radius 3 is 1.40 bits per heavy atom. The molecule has 0 unspecified atom stereocenters. The van der Waals surface area contributed by atoms with E-state index in [1.54, 1.807) is 13.8 Å². The topological polar surface area (TPSA) is 0 Å². The molecule has 0 amide bonds. The van der Waals surface area contributed by atoms with Crippen LogP contribution in [-0.2, 0) is 0 Å². The molecule has 0 aromatic carbocycles. The van der Waals surface area contributed by atoms with E-state index in [1.807, 2.05) is 0 Å². The molecule has 0 saturated heterocycles. The first-order valence-electron chi connectivity index (χ1n) is 3.54. The van der Waals surface area contributed by atoms with Crippen molar-refractivity contribution < 1.29 is 8.78 Å². The molecular weight excluding hydrogens is 134 g/mol. The Hall–Kier alpha value is -0.400. The first kappa shape index (κ1) is 6.32. The molecule has 10 heavy (non-hydrogen) atoms. The normalized spacial score (nSPS) is 51.6. The molecule has 0 aromatic heterocycles. The summed E-state index contributed by atoms with van der Waals surface area (Å²) in [4.78, 5) is 0. The lowest BCUT2D eigenvalue weighted by atomic mass is 9.75. The average Bonchev–Trinajstić information content (AvgIpc) is 1.99. The first-order valence-corrected chi connectivity index (χ1v) is 3.54. The third kappa shape index (κ3) is 0.435. The second-order valence-electron chi connectivity index (χ2n) is 3.53. The monoisotopic (exact) mass is 144 g/mol. The van der Waals surface area contributed by atoms with Crippen molar-refractivity contribution in [2.75, 3.05) is 0 Å². The standard InChI is InChI=1S/C8H10F2/c1-5-6(2)8(10)3-7(5,9)4-8/h3-4H2,1-2H3. The fraction of sp³-hybridized carbons (Fsp3) is 0.750. The van der Waals surface area contributed by atoms with Gasteiger partial charge in [-0.25, -0.2) is 8.78 Å². The van der Waals surface area contributed by atoms with Gasteiger partial charge in [0.2, 0.25) is 0 Å². The number of halogens is 2. The van der Waals surface area contributed by atoms with Gasteiger partial charge in [-0.2, -0.15) is 0 Å². The Morgan fingerprint density at radius 1 is 1.00 bits per heavy atom. The van der Waals surface area contributed by atoms with Crippen molar-refractivity contribution in [3.8, 4) is 0 Å². The summed E-state index contributed by atoms with van der Waals surface area (Å²) in [6.45, 7) is 3.40. The summed E-state index contributed by atoms with van der Waals surface area (Å²) in [5, 5.41) is 0. The predicted octanol–water partition coefficient (Wildman–Crippen LogP) is 2.55. The van der Waals surface area contributed by atoms with Crippen LogP contribution in [0.4, 0.5) is 8.78 Å². The van der Waals surface area contributed by atoms with Crippen molar-refractivity contribution in [2.45, 2.75) is 38.0 Å². The van der Waals surface area contributed by atoms with Crippen LogP contribution in [-0.4, -0.2) is 11.3 Å². The van der Waals surface area contributed by atoms with Gasteiger partial charge in [0.15, 0.2) is 0 Å². The Morgan fingerprint density at radius 2 is 1.30 bits per heavy atom. The zero-order chi connectivity index (χ0) is 7.57. The molecule has 0 atom stereocenters. The molecule has 0 heterocycles. The highest BCUT2D eigenvalue weighted by Gasteiger charge is 2.65. The first-order chi connectivity index (χ1) is 4.48. The van der Waals surface area contributed by atoms with Gasteiger partial charge in [-0.1, -0.05) is 0 Å². The van der Waals surface area contributed by atoms with Gasteiger partial charge in [0.1, 0.15) is 11.3 Å². The molecule has 3 aliphatic carbocycles. The molecular formula is C8H10F2. The quantitative estimate of drug-likeness (QED) is 0.458. The molecule has 0 aliphatic heterocycles. The van der Waals surface area contributed by atoms with Crippen LogP contribution in [0.25, 0.3) is 0 Å². The molecule has 1 fully saturated rings. The van der Waals surface area contributed by atoms with Gasteiger partial charge in [-0.05, 0) is 25.0 Å². The van der Waals surface area contributed by atoms with E-state index in [2.05, 4.69) is 0 Å². The highest BCUT2D eigenvalue weighted by Crippen LogP contribution is 2.62. The molecule has 0 spiro atoms.